The molecule has 1 aromatic carbocycles. The number of nitrogens with one attached hydrogen (secondary N) is 3. The third kappa shape index (κ3) is 2.54. The molecule has 3 rings (SSSR count). The maximum Gasteiger partial charge on any atom is 0.243 e. The molecule has 0 fully saturated rings. The van der Waals surface area contributed by atoms with Crippen LogP contribution in [0, 0.1) is 0 Å². The summed E-state index contributed by atoms with van der Waals surface area (Å²) >= 11 is 0. The van der Waals surface area contributed by atoms with Crippen molar-refractivity contribution in [2.75, 3.05) is 11.9 Å². The average molecular weight is 292 g/mol. The number of aromatic amines is 1. The number of rotatable bonds is 4. The van der Waals surface area contributed by atoms with E-state index in [1.54, 1.807) is 0 Å². The summed E-state index contributed by atoms with van der Waals surface area (Å²) in [6.07, 6.45) is 4.80. The number of nitrogens with zero attached hydrogens (tertiary/aromatic N) is 1. The lowest BCUT2D eigenvalue weighted by molar-refractivity contribution is 0.581. The summed E-state index contributed by atoms with van der Waals surface area (Å²) in [5, 5.41) is 9.51. The van der Waals surface area contributed by atoms with E-state index < -0.39 is 10.0 Å². The van der Waals surface area contributed by atoms with Gasteiger partial charge in [-0.2, -0.15) is 5.10 Å². The van der Waals surface area contributed by atoms with Crippen molar-refractivity contribution < 1.29 is 8.42 Å². The smallest absolute Gasteiger partial charge is 0.243 e. The Morgan fingerprint density at radius 3 is 3.05 bits per heavy atom. The first kappa shape index (κ1) is 13.1. The molecule has 0 radical (unpaired) electrons. The number of hydrogen-bond donors (Lipinski definition) is 3. The van der Waals surface area contributed by atoms with Gasteiger partial charge in [-0.15, -0.1) is 0 Å². The third-order valence-electron chi connectivity index (χ3n) is 3.40. The van der Waals surface area contributed by atoms with Crippen LogP contribution in [-0.4, -0.2) is 25.2 Å². The molecule has 0 atom stereocenters. The standard InChI is InChI=1S/C13H16N4O2S/c18-20(19,12-8-15-16-9-12)17-7-11-4-1-3-10-5-2-6-14-13(10)11/h1,3-4,8-9,14,17H,2,5-7H2,(H,15,16). The summed E-state index contributed by atoms with van der Waals surface area (Å²) in [6.45, 7) is 1.20. The van der Waals surface area contributed by atoms with Crippen LogP contribution in [0.5, 0.6) is 0 Å². The zero-order chi connectivity index (χ0) is 14.0. The molecule has 0 saturated carbocycles. The Balaban J connectivity index is 1.79. The molecular weight excluding hydrogens is 276 g/mol. The Morgan fingerprint density at radius 1 is 1.35 bits per heavy atom. The van der Waals surface area contributed by atoms with Gasteiger partial charge in [-0.1, -0.05) is 18.2 Å². The van der Waals surface area contributed by atoms with Gasteiger partial charge in [0.05, 0.1) is 6.20 Å². The van der Waals surface area contributed by atoms with Crippen molar-refractivity contribution in [2.24, 2.45) is 0 Å². The molecule has 0 amide bonds. The lowest BCUT2D eigenvalue weighted by Crippen LogP contribution is -2.24. The Labute approximate surface area is 117 Å². The molecular formula is C13H16N4O2S. The van der Waals surface area contributed by atoms with E-state index in [-0.39, 0.29) is 11.4 Å². The molecule has 1 aliphatic rings. The number of H-pyrrole nitrogens is 1. The molecule has 0 bridgehead atoms. The Kier molecular flexibility index (Phi) is 3.45. The van der Waals surface area contributed by atoms with Crippen molar-refractivity contribution in [2.45, 2.75) is 24.3 Å². The van der Waals surface area contributed by atoms with E-state index in [4.69, 9.17) is 0 Å². The van der Waals surface area contributed by atoms with E-state index >= 15 is 0 Å². The second-order valence-corrected chi connectivity index (χ2v) is 6.51. The van der Waals surface area contributed by atoms with Crippen LogP contribution in [0.25, 0.3) is 0 Å². The average Bonchev–Trinajstić information content (AvgIpc) is 3.00. The summed E-state index contributed by atoms with van der Waals surface area (Å²) in [5.74, 6) is 0. The summed E-state index contributed by atoms with van der Waals surface area (Å²) < 4.78 is 26.7. The summed E-state index contributed by atoms with van der Waals surface area (Å²) in [4.78, 5) is 0.148. The lowest BCUT2D eigenvalue weighted by atomic mass is 9.99. The summed E-state index contributed by atoms with van der Waals surface area (Å²) in [5.41, 5.74) is 3.28. The highest BCUT2D eigenvalue weighted by atomic mass is 32.2. The monoisotopic (exact) mass is 292 g/mol. The SMILES string of the molecule is O=S(=O)(NCc1cccc2c1NCCC2)c1cn[nH]c1. The summed E-state index contributed by atoms with van der Waals surface area (Å²) in [7, 11) is -3.51. The number of para-hydroxylation sites is 1. The first-order chi connectivity index (χ1) is 9.67. The van der Waals surface area contributed by atoms with Crippen molar-refractivity contribution in [3.63, 3.8) is 0 Å². The van der Waals surface area contributed by atoms with Crippen molar-refractivity contribution in [1.82, 2.24) is 14.9 Å². The van der Waals surface area contributed by atoms with E-state index in [9.17, 15) is 8.42 Å². The van der Waals surface area contributed by atoms with Crippen molar-refractivity contribution in [3.8, 4) is 0 Å². The molecule has 0 aliphatic carbocycles. The van der Waals surface area contributed by atoms with E-state index in [1.807, 2.05) is 12.1 Å². The maximum absolute atomic E-state index is 12.0. The Bertz CT molecular complexity index is 695. The van der Waals surface area contributed by atoms with Crippen LogP contribution in [0.1, 0.15) is 17.5 Å². The van der Waals surface area contributed by atoms with Gasteiger partial charge in [0.15, 0.2) is 0 Å². The molecule has 1 aliphatic heterocycles. The van der Waals surface area contributed by atoms with Gasteiger partial charge in [0.25, 0.3) is 0 Å². The number of aryl methyl sites for hydroxylation is 1. The fourth-order valence-electron chi connectivity index (χ4n) is 2.37. The number of fused-ring (bicyclic) bond motifs is 1. The third-order valence-corrected chi connectivity index (χ3v) is 4.77. The molecule has 7 heteroatoms. The lowest BCUT2D eigenvalue weighted by Gasteiger charge is -2.21. The number of anilines is 1. The van der Waals surface area contributed by atoms with Gasteiger partial charge in [0.2, 0.25) is 10.0 Å². The number of hydrogen-bond acceptors (Lipinski definition) is 4. The van der Waals surface area contributed by atoms with Gasteiger partial charge in [0.1, 0.15) is 4.90 Å². The van der Waals surface area contributed by atoms with Crippen LogP contribution in [0.4, 0.5) is 5.69 Å². The van der Waals surface area contributed by atoms with Crippen LogP contribution in [0.15, 0.2) is 35.5 Å². The normalized spacial score (nSPS) is 14.6. The fraction of sp³-hybridized carbons (Fsp3) is 0.308. The van der Waals surface area contributed by atoms with Gasteiger partial charge < -0.3 is 5.32 Å². The zero-order valence-electron chi connectivity index (χ0n) is 10.9. The van der Waals surface area contributed by atoms with Gasteiger partial charge >= 0.3 is 0 Å². The predicted molar refractivity (Wildman–Crippen MR) is 75.9 cm³/mol. The molecule has 2 aromatic rings. The highest BCUT2D eigenvalue weighted by molar-refractivity contribution is 7.89. The minimum Gasteiger partial charge on any atom is -0.385 e. The second-order valence-electron chi connectivity index (χ2n) is 4.74. The second kappa shape index (κ2) is 5.26. The van der Waals surface area contributed by atoms with Crippen molar-refractivity contribution in [1.29, 1.82) is 0 Å². The molecule has 0 saturated heterocycles. The molecule has 1 aromatic heterocycles. The van der Waals surface area contributed by atoms with Gasteiger partial charge in [-0.25, -0.2) is 13.1 Å². The molecule has 3 N–H and O–H groups in total. The number of aromatic nitrogens is 2. The van der Waals surface area contributed by atoms with Crippen molar-refractivity contribution in [3.05, 3.63) is 41.7 Å². The molecule has 0 unspecified atom stereocenters. The van der Waals surface area contributed by atoms with Crippen LogP contribution >= 0.6 is 0 Å². The molecule has 20 heavy (non-hydrogen) atoms. The zero-order valence-corrected chi connectivity index (χ0v) is 11.7. The van der Waals surface area contributed by atoms with E-state index in [2.05, 4.69) is 26.3 Å². The minimum atomic E-state index is -3.51. The molecule has 2 heterocycles. The Hall–Kier alpha value is -1.86. The quantitative estimate of drug-likeness (QED) is 0.791. The first-order valence-electron chi connectivity index (χ1n) is 6.50. The first-order valence-corrected chi connectivity index (χ1v) is 7.98. The minimum absolute atomic E-state index is 0.148. The predicted octanol–water partition coefficient (Wildman–Crippen LogP) is 1.25. The number of benzene rings is 1. The van der Waals surface area contributed by atoms with Crippen LogP contribution in [0.3, 0.4) is 0 Å². The maximum atomic E-state index is 12.0. The molecule has 0 spiro atoms. The van der Waals surface area contributed by atoms with E-state index in [1.165, 1.54) is 18.0 Å². The van der Waals surface area contributed by atoms with E-state index in [0.717, 1.165) is 30.6 Å². The van der Waals surface area contributed by atoms with Gasteiger partial charge in [0, 0.05) is 25.0 Å². The summed E-state index contributed by atoms with van der Waals surface area (Å²) in [6, 6.07) is 5.98. The van der Waals surface area contributed by atoms with E-state index in [0.29, 0.717) is 0 Å². The molecule has 106 valence electrons. The van der Waals surface area contributed by atoms with Gasteiger partial charge in [-0.3, -0.25) is 5.10 Å². The fourth-order valence-corrected chi connectivity index (χ4v) is 3.28. The van der Waals surface area contributed by atoms with Gasteiger partial charge in [-0.05, 0) is 24.0 Å². The van der Waals surface area contributed by atoms with Crippen molar-refractivity contribution >= 4 is 15.7 Å². The highest BCUT2D eigenvalue weighted by Gasteiger charge is 2.17. The van der Waals surface area contributed by atoms with Crippen LogP contribution in [-0.2, 0) is 23.0 Å². The van der Waals surface area contributed by atoms with Crippen LogP contribution < -0.4 is 10.0 Å². The number of sulfonamides is 1. The topological polar surface area (TPSA) is 86.9 Å². The van der Waals surface area contributed by atoms with Crippen LogP contribution in [0.2, 0.25) is 0 Å². The largest absolute Gasteiger partial charge is 0.385 e. The highest BCUT2D eigenvalue weighted by Crippen LogP contribution is 2.26. The Morgan fingerprint density at radius 2 is 2.25 bits per heavy atom. The molecule has 6 nitrogen and oxygen atoms in total.